The van der Waals surface area contributed by atoms with Crippen molar-refractivity contribution in [2.45, 2.75) is 51.7 Å². The highest BCUT2D eigenvalue weighted by Crippen LogP contribution is 2.15. The first kappa shape index (κ1) is 12.8. The SMILES string of the molecule is CCCC[Si](C)(C)OCCCC=O. The molecular weight excluding hydrogens is 180 g/mol. The van der Waals surface area contributed by atoms with Crippen LogP contribution in [0, 0.1) is 0 Å². The predicted octanol–water partition coefficient (Wildman–Crippen LogP) is 2.99. The van der Waals surface area contributed by atoms with Crippen LogP contribution >= 0.6 is 0 Å². The molecule has 0 aromatic heterocycles. The van der Waals surface area contributed by atoms with Crippen LogP contribution in [0.5, 0.6) is 0 Å². The van der Waals surface area contributed by atoms with Gasteiger partial charge in [-0.05, 0) is 25.6 Å². The molecule has 0 fully saturated rings. The summed E-state index contributed by atoms with van der Waals surface area (Å²) in [5.74, 6) is 0. The molecule has 0 aromatic rings. The lowest BCUT2D eigenvalue weighted by Gasteiger charge is -2.22. The summed E-state index contributed by atoms with van der Waals surface area (Å²) in [4.78, 5) is 10.1. The lowest BCUT2D eigenvalue weighted by atomic mass is 10.4. The van der Waals surface area contributed by atoms with Crippen LogP contribution in [0.2, 0.25) is 19.1 Å². The van der Waals surface area contributed by atoms with Crippen LogP contribution in [0.1, 0.15) is 32.6 Å². The van der Waals surface area contributed by atoms with Crippen molar-refractivity contribution in [3.8, 4) is 0 Å². The average molecular weight is 202 g/mol. The fraction of sp³-hybridized carbons (Fsp3) is 0.900. The standard InChI is InChI=1S/C10H22O2Si/c1-4-5-10-13(2,3)12-9-7-6-8-11/h8H,4-7,9-10H2,1-3H3. The summed E-state index contributed by atoms with van der Waals surface area (Å²) in [5, 5.41) is 0. The van der Waals surface area contributed by atoms with Crippen LogP contribution in [0.25, 0.3) is 0 Å². The van der Waals surface area contributed by atoms with E-state index in [1.807, 2.05) is 0 Å². The summed E-state index contributed by atoms with van der Waals surface area (Å²) >= 11 is 0. The van der Waals surface area contributed by atoms with Gasteiger partial charge >= 0.3 is 0 Å². The van der Waals surface area contributed by atoms with E-state index in [4.69, 9.17) is 4.43 Å². The summed E-state index contributed by atoms with van der Waals surface area (Å²) in [7, 11) is -1.39. The minimum Gasteiger partial charge on any atom is -0.417 e. The molecule has 78 valence electrons. The van der Waals surface area contributed by atoms with Crippen molar-refractivity contribution in [2.24, 2.45) is 0 Å². The molecule has 0 aromatic carbocycles. The fourth-order valence-corrected chi connectivity index (χ4v) is 3.24. The molecule has 0 bridgehead atoms. The van der Waals surface area contributed by atoms with Gasteiger partial charge in [-0.3, -0.25) is 0 Å². The number of aldehydes is 1. The van der Waals surface area contributed by atoms with Crippen molar-refractivity contribution < 1.29 is 9.22 Å². The van der Waals surface area contributed by atoms with Crippen LogP contribution in [0.4, 0.5) is 0 Å². The normalized spacial score (nSPS) is 11.6. The average Bonchev–Trinajstić information content (AvgIpc) is 2.09. The van der Waals surface area contributed by atoms with Gasteiger partial charge in [-0.1, -0.05) is 19.8 Å². The Bertz CT molecular complexity index is 135. The predicted molar refractivity (Wildman–Crippen MR) is 58.4 cm³/mol. The Labute approximate surface area is 82.8 Å². The van der Waals surface area contributed by atoms with Gasteiger partial charge < -0.3 is 9.22 Å². The molecule has 0 spiro atoms. The van der Waals surface area contributed by atoms with Gasteiger partial charge in [-0.2, -0.15) is 0 Å². The van der Waals surface area contributed by atoms with Crippen LogP contribution in [-0.4, -0.2) is 21.2 Å². The molecule has 0 heterocycles. The van der Waals surface area contributed by atoms with Crippen molar-refractivity contribution in [1.82, 2.24) is 0 Å². The van der Waals surface area contributed by atoms with Crippen molar-refractivity contribution in [3.05, 3.63) is 0 Å². The van der Waals surface area contributed by atoms with Crippen LogP contribution in [0.3, 0.4) is 0 Å². The third kappa shape index (κ3) is 8.18. The third-order valence-electron chi connectivity index (χ3n) is 2.09. The number of rotatable bonds is 8. The van der Waals surface area contributed by atoms with Gasteiger partial charge in [0.25, 0.3) is 0 Å². The highest BCUT2D eigenvalue weighted by molar-refractivity contribution is 6.71. The molecule has 0 aliphatic rings. The first-order valence-electron chi connectivity index (χ1n) is 5.20. The van der Waals surface area contributed by atoms with Gasteiger partial charge in [0.2, 0.25) is 0 Å². The van der Waals surface area contributed by atoms with Gasteiger partial charge in [-0.15, -0.1) is 0 Å². The second kappa shape index (κ2) is 7.27. The van der Waals surface area contributed by atoms with E-state index < -0.39 is 8.32 Å². The fourth-order valence-electron chi connectivity index (χ4n) is 1.19. The molecule has 0 amide bonds. The molecule has 3 heteroatoms. The van der Waals surface area contributed by atoms with E-state index in [0.29, 0.717) is 6.42 Å². The number of unbranched alkanes of at least 4 members (excludes halogenated alkanes) is 2. The Kier molecular flexibility index (Phi) is 7.18. The van der Waals surface area contributed by atoms with E-state index in [2.05, 4.69) is 20.0 Å². The van der Waals surface area contributed by atoms with Crippen molar-refractivity contribution >= 4 is 14.6 Å². The van der Waals surface area contributed by atoms with Crippen molar-refractivity contribution in [3.63, 3.8) is 0 Å². The maximum absolute atomic E-state index is 10.1. The molecule has 0 rings (SSSR count). The molecule has 0 aliphatic carbocycles. The largest absolute Gasteiger partial charge is 0.417 e. The summed E-state index contributed by atoms with van der Waals surface area (Å²) in [5.41, 5.74) is 0. The zero-order chi connectivity index (χ0) is 10.2. The van der Waals surface area contributed by atoms with Gasteiger partial charge in [0, 0.05) is 13.0 Å². The topological polar surface area (TPSA) is 26.3 Å². The van der Waals surface area contributed by atoms with E-state index in [1.54, 1.807) is 0 Å². The maximum Gasteiger partial charge on any atom is 0.186 e. The van der Waals surface area contributed by atoms with E-state index in [-0.39, 0.29) is 0 Å². The smallest absolute Gasteiger partial charge is 0.186 e. The van der Waals surface area contributed by atoms with E-state index >= 15 is 0 Å². The maximum atomic E-state index is 10.1. The van der Waals surface area contributed by atoms with E-state index in [9.17, 15) is 4.79 Å². The first-order valence-corrected chi connectivity index (χ1v) is 8.31. The summed E-state index contributed by atoms with van der Waals surface area (Å²) in [6.45, 7) is 7.48. The first-order chi connectivity index (χ1) is 6.12. The van der Waals surface area contributed by atoms with Crippen LogP contribution < -0.4 is 0 Å². The second-order valence-corrected chi connectivity index (χ2v) is 8.33. The molecule has 0 aliphatic heterocycles. The second-order valence-electron chi connectivity index (χ2n) is 4.02. The van der Waals surface area contributed by atoms with E-state index in [1.165, 1.54) is 18.9 Å². The molecule has 0 saturated heterocycles. The Hall–Kier alpha value is -0.153. The van der Waals surface area contributed by atoms with Gasteiger partial charge in [0.1, 0.15) is 6.29 Å². The van der Waals surface area contributed by atoms with Crippen LogP contribution in [-0.2, 0) is 9.22 Å². The van der Waals surface area contributed by atoms with Crippen LogP contribution in [0.15, 0.2) is 0 Å². The number of hydrogen-bond acceptors (Lipinski definition) is 2. The number of carbonyl (C=O) groups excluding carboxylic acids is 1. The molecule has 2 nitrogen and oxygen atoms in total. The lowest BCUT2D eigenvalue weighted by Crippen LogP contribution is -2.30. The molecule has 0 atom stereocenters. The molecule has 0 N–H and O–H groups in total. The monoisotopic (exact) mass is 202 g/mol. The number of hydrogen-bond donors (Lipinski definition) is 0. The zero-order valence-electron chi connectivity index (χ0n) is 9.14. The van der Waals surface area contributed by atoms with Gasteiger partial charge in [0.05, 0.1) is 0 Å². The Morgan fingerprint density at radius 1 is 1.31 bits per heavy atom. The Balaban J connectivity index is 3.44. The van der Waals surface area contributed by atoms with Gasteiger partial charge in [-0.25, -0.2) is 0 Å². The van der Waals surface area contributed by atoms with Gasteiger partial charge in [0.15, 0.2) is 8.32 Å². The minimum absolute atomic E-state index is 0.637. The summed E-state index contributed by atoms with van der Waals surface area (Å²) < 4.78 is 5.81. The molecule has 0 unspecified atom stereocenters. The molecular formula is C10H22O2Si. The zero-order valence-corrected chi connectivity index (χ0v) is 10.1. The lowest BCUT2D eigenvalue weighted by molar-refractivity contribution is -0.108. The molecule has 0 saturated carbocycles. The summed E-state index contributed by atoms with van der Waals surface area (Å²) in [6.07, 6.45) is 5.00. The highest BCUT2D eigenvalue weighted by Gasteiger charge is 2.20. The Morgan fingerprint density at radius 2 is 2.00 bits per heavy atom. The molecule has 0 radical (unpaired) electrons. The van der Waals surface area contributed by atoms with E-state index in [0.717, 1.165) is 19.3 Å². The van der Waals surface area contributed by atoms with Crippen molar-refractivity contribution in [2.75, 3.05) is 6.61 Å². The minimum atomic E-state index is -1.39. The number of carbonyl (C=O) groups is 1. The quantitative estimate of drug-likeness (QED) is 0.343. The Morgan fingerprint density at radius 3 is 2.54 bits per heavy atom. The highest BCUT2D eigenvalue weighted by atomic mass is 28.4. The molecule has 13 heavy (non-hydrogen) atoms. The third-order valence-corrected chi connectivity index (χ3v) is 4.63. The van der Waals surface area contributed by atoms with Crippen molar-refractivity contribution in [1.29, 1.82) is 0 Å². The summed E-state index contributed by atoms with van der Waals surface area (Å²) in [6, 6.07) is 1.24.